The third-order valence-electron chi connectivity index (χ3n) is 11.2. The van der Waals surface area contributed by atoms with Crippen molar-refractivity contribution >= 4 is 11.8 Å². The second-order valence-electron chi connectivity index (χ2n) is 15.0. The lowest BCUT2D eigenvalue weighted by atomic mass is 9.84. The van der Waals surface area contributed by atoms with Gasteiger partial charge in [0.15, 0.2) is 62.7 Å². The zero-order valence-electron chi connectivity index (χ0n) is 30.8. The minimum atomic E-state index is 0.0856. The second kappa shape index (κ2) is 18.2. The van der Waals surface area contributed by atoms with Gasteiger partial charge in [0.1, 0.15) is 0 Å². The topological polar surface area (TPSA) is 73.7 Å². The molecule has 4 aromatic heterocycles. The van der Waals surface area contributed by atoms with E-state index in [4.69, 9.17) is 0 Å². The Morgan fingerprint density at radius 3 is 1.12 bits per heavy atom. The fourth-order valence-corrected chi connectivity index (χ4v) is 7.98. The van der Waals surface area contributed by atoms with Gasteiger partial charge in [0, 0.05) is 60.6 Å². The fourth-order valence-electron chi connectivity index (χ4n) is 7.98. The van der Waals surface area contributed by atoms with Crippen molar-refractivity contribution in [1.82, 2.24) is 10.6 Å². The molecule has 2 fully saturated rings. The van der Waals surface area contributed by atoms with Gasteiger partial charge in [-0.25, -0.2) is 9.13 Å². The average molecular weight is 691 g/mol. The van der Waals surface area contributed by atoms with Crippen LogP contribution in [0, 0.1) is 11.8 Å². The van der Waals surface area contributed by atoms with Crippen molar-refractivity contribution < 1.29 is 27.9 Å². The predicted molar refractivity (Wildman–Crippen MR) is 198 cm³/mol. The summed E-state index contributed by atoms with van der Waals surface area (Å²) < 4.78 is 8.37. The molecule has 2 aliphatic rings. The smallest absolute Gasteiger partial charge is 0.286 e. The lowest BCUT2D eigenvalue weighted by Crippen LogP contribution is -2.47. The standard InChI is InChI=1S/C43H56N6O2/c1-34(36-10-5-3-6-11-36)44-42(50)32-48-28-18-40(19-29-48)38-14-24-46(25-15-38)22-9-23-47-26-16-39(17-27-47)41-20-30-49(31-21-41)33-43(51)45-35(2)37-12-7-4-8-13-37/h14-21,24-31,34-37H,3-13,22-23,32-33H2,1-2H3/q+2/p+2/t34-,35-/m0/s1. The summed E-state index contributed by atoms with van der Waals surface area (Å²) >= 11 is 0. The lowest BCUT2D eigenvalue weighted by Gasteiger charge is -2.27. The number of nitrogens with one attached hydrogen (secondary N) is 2. The number of carbonyl (C=O) groups excluding carboxylic acids is 2. The number of amides is 2. The average Bonchev–Trinajstić information content (AvgIpc) is 3.16. The molecule has 0 saturated heterocycles. The van der Waals surface area contributed by atoms with E-state index < -0.39 is 0 Å². The normalized spacial score (nSPS) is 16.7. The van der Waals surface area contributed by atoms with Crippen molar-refractivity contribution in [2.24, 2.45) is 11.8 Å². The first-order valence-corrected chi connectivity index (χ1v) is 19.5. The first-order chi connectivity index (χ1) is 24.9. The minimum Gasteiger partial charge on any atom is -0.348 e. The van der Waals surface area contributed by atoms with Gasteiger partial charge < -0.3 is 10.6 Å². The van der Waals surface area contributed by atoms with Gasteiger partial charge in [-0.1, -0.05) is 38.5 Å². The first kappa shape index (κ1) is 36.3. The van der Waals surface area contributed by atoms with E-state index >= 15 is 0 Å². The van der Waals surface area contributed by atoms with Crippen molar-refractivity contribution in [3.05, 3.63) is 98.1 Å². The van der Waals surface area contributed by atoms with Crippen LogP contribution in [0.25, 0.3) is 22.3 Å². The van der Waals surface area contributed by atoms with Crippen molar-refractivity contribution in [3.8, 4) is 22.3 Å². The molecule has 268 valence electrons. The zero-order chi connectivity index (χ0) is 35.4. The van der Waals surface area contributed by atoms with E-state index in [9.17, 15) is 9.59 Å². The van der Waals surface area contributed by atoms with Crippen LogP contribution in [0.5, 0.6) is 0 Å². The number of pyridine rings is 4. The lowest BCUT2D eigenvalue weighted by molar-refractivity contribution is -0.726. The highest BCUT2D eigenvalue weighted by Crippen LogP contribution is 2.27. The van der Waals surface area contributed by atoms with Gasteiger partial charge >= 0.3 is 0 Å². The summed E-state index contributed by atoms with van der Waals surface area (Å²) in [6.07, 6.45) is 30.3. The molecule has 2 amide bonds. The van der Waals surface area contributed by atoms with Crippen molar-refractivity contribution in [2.45, 2.75) is 123 Å². The van der Waals surface area contributed by atoms with Crippen LogP contribution in [-0.2, 0) is 35.8 Å². The van der Waals surface area contributed by atoms with Crippen LogP contribution < -0.4 is 28.9 Å². The molecule has 0 bridgehead atoms. The maximum absolute atomic E-state index is 12.7. The molecule has 0 aliphatic heterocycles. The molecular weight excluding hydrogens is 633 g/mol. The van der Waals surface area contributed by atoms with Gasteiger partial charge in [0.2, 0.25) is 13.1 Å². The van der Waals surface area contributed by atoms with Gasteiger partial charge in [-0.2, -0.15) is 9.13 Å². The molecule has 2 saturated carbocycles. The van der Waals surface area contributed by atoms with E-state index in [-0.39, 0.29) is 23.9 Å². The molecule has 51 heavy (non-hydrogen) atoms. The van der Waals surface area contributed by atoms with Crippen LogP contribution in [0.2, 0.25) is 0 Å². The summed E-state index contributed by atoms with van der Waals surface area (Å²) in [7, 11) is 0. The number of aromatic nitrogens is 4. The van der Waals surface area contributed by atoms with Crippen LogP contribution in [0.15, 0.2) is 98.1 Å². The van der Waals surface area contributed by atoms with Gasteiger partial charge in [0.25, 0.3) is 11.8 Å². The van der Waals surface area contributed by atoms with E-state index in [1.807, 2.05) is 33.9 Å². The van der Waals surface area contributed by atoms with Crippen molar-refractivity contribution in [2.75, 3.05) is 0 Å². The predicted octanol–water partition coefficient (Wildman–Crippen LogP) is 5.43. The fraction of sp³-hybridized carbons (Fsp3) is 0.488. The Hall–Kier alpha value is -4.46. The summed E-state index contributed by atoms with van der Waals surface area (Å²) in [5.74, 6) is 1.40. The molecule has 2 aliphatic carbocycles. The Bertz CT molecular complexity index is 1550. The molecule has 0 aromatic carbocycles. The maximum Gasteiger partial charge on any atom is 0.286 e. The van der Waals surface area contributed by atoms with E-state index in [0.29, 0.717) is 24.9 Å². The monoisotopic (exact) mass is 690 g/mol. The SMILES string of the molecule is C[C@H](NC(=O)C[n+]1ccc(-c2cc[n+](CCC[n+]3ccc(-c4cc[n+](CC(=O)N[C@@H](C)C5CCCCC5)cc4)cc3)cc2)cc1)C1CCCCC1. The highest BCUT2D eigenvalue weighted by Gasteiger charge is 2.24. The third kappa shape index (κ3) is 10.8. The summed E-state index contributed by atoms with van der Waals surface area (Å²) in [4.78, 5) is 25.3. The Kier molecular flexibility index (Phi) is 12.9. The number of hydrogen-bond acceptors (Lipinski definition) is 2. The maximum atomic E-state index is 12.7. The minimum absolute atomic E-state index is 0.0856. The third-order valence-corrected chi connectivity index (χ3v) is 11.2. The van der Waals surface area contributed by atoms with Gasteiger partial charge in [-0.05, 0) is 73.6 Å². The van der Waals surface area contributed by atoms with E-state index in [1.165, 1.54) is 64.2 Å². The number of nitrogens with zero attached hydrogens (tertiary/aromatic N) is 4. The Labute approximate surface area is 304 Å². The molecule has 2 atom stereocenters. The number of aryl methyl sites for hydroxylation is 2. The van der Waals surface area contributed by atoms with E-state index in [0.717, 1.165) is 41.8 Å². The molecule has 8 nitrogen and oxygen atoms in total. The zero-order valence-corrected chi connectivity index (χ0v) is 30.8. The molecule has 0 unspecified atom stereocenters. The second-order valence-corrected chi connectivity index (χ2v) is 15.0. The quantitative estimate of drug-likeness (QED) is 0.173. The molecule has 2 N–H and O–H groups in total. The molecule has 4 heterocycles. The van der Waals surface area contributed by atoms with E-state index in [1.54, 1.807) is 0 Å². The highest BCUT2D eigenvalue weighted by atomic mass is 16.2. The van der Waals surface area contributed by atoms with Gasteiger partial charge in [-0.15, -0.1) is 0 Å². The molecule has 6 rings (SSSR count). The van der Waals surface area contributed by atoms with Crippen molar-refractivity contribution in [1.29, 1.82) is 0 Å². The summed E-state index contributed by atoms with van der Waals surface area (Å²) in [6, 6.07) is 17.5. The molecule has 8 heteroatoms. The Morgan fingerprint density at radius 1 is 0.510 bits per heavy atom. The molecule has 0 radical (unpaired) electrons. The first-order valence-electron chi connectivity index (χ1n) is 19.5. The van der Waals surface area contributed by atoms with E-state index in [2.05, 4.69) is 107 Å². The summed E-state index contributed by atoms with van der Waals surface area (Å²) in [5, 5.41) is 6.46. The highest BCUT2D eigenvalue weighted by molar-refractivity contribution is 5.75. The summed E-state index contributed by atoms with van der Waals surface area (Å²) in [6.45, 7) is 6.88. The molecular formula is C43H58N6O2+4. The van der Waals surface area contributed by atoms with Gasteiger partial charge in [-0.3, -0.25) is 9.59 Å². The number of carbonyl (C=O) groups is 2. The summed E-state index contributed by atoms with van der Waals surface area (Å²) in [5.41, 5.74) is 4.61. The number of rotatable bonds is 14. The van der Waals surface area contributed by atoms with Crippen LogP contribution in [0.1, 0.15) is 84.5 Å². The molecule has 4 aromatic rings. The Morgan fingerprint density at radius 2 is 0.804 bits per heavy atom. The van der Waals surface area contributed by atoms with Gasteiger partial charge in [0.05, 0.1) is 6.42 Å². The van der Waals surface area contributed by atoms with Crippen LogP contribution in [0.4, 0.5) is 0 Å². The van der Waals surface area contributed by atoms with Crippen LogP contribution in [0.3, 0.4) is 0 Å². The molecule has 0 spiro atoms. The number of hydrogen-bond donors (Lipinski definition) is 2. The van der Waals surface area contributed by atoms with Crippen LogP contribution in [-0.4, -0.2) is 23.9 Å². The largest absolute Gasteiger partial charge is 0.348 e. The Balaban J connectivity index is 0.912. The van der Waals surface area contributed by atoms with Crippen molar-refractivity contribution in [3.63, 3.8) is 0 Å². The van der Waals surface area contributed by atoms with Crippen LogP contribution >= 0.6 is 0 Å².